The van der Waals surface area contributed by atoms with E-state index in [9.17, 15) is 8.42 Å². The summed E-state index contributed by atoms with van der Waals surface area (Å²) in [5, 5.41) is 6.99. The third kappa shape index (κ3) is 2.90. The predicted octanol–water partition coefficient (Wildman–Crippen LogP) is 2.73. The van der Waals surface area contributed by atoms with E-state index >= 15 is 0 Å². The van der Waals surface area contributed by atoms with Crippen molar-refractivity contribution < 1.29 is 8.42 Å². The van der Waals surface area contributed by atoms with Crippen LogP contribution in [0.25, 0.3) is 0 Å². The molecule has 1 aromatic carbocycles. The number of hydrogen-bond donors (Lipinski definition) is 2. The minimum absolute atomic E-state index is 0.202. The fourth-order valence-corrected chi connectivity index (χ4v) is 3.28. The van der Waals surface area contributed by atoms with Crippen LogP contribution in [0.3, 0.4) is 0 Å². The highest BCUT2D eigenvalue weighted by molar-refractivity contribution is 7.92. The Kier molecular flexibility index (Phi) is 3.82. The van der Waals surface area contributed by atoms with Gasteiger partial charge in [0.2, 0.25) is 0 Å². The van der Waals surface area contributed by atoms with Crippen LogP contribution in [0.5, 0.6) is 0 Å². The third-order valence-corrected chi connectivity index (χ3v) is 4.51. The van der Waals surface area contributed by atoms with Gasteiger partial charge in [0.1, 0.15) is 5.82 Å². The maximum Gasteiger partial charge on any atom is 0.263 e. The quantitative estimate of drug-likeness (QED) is 0.911. The summed E-state index contributed by atoms with van der Waals surface area (Å²) < 4.78 is 27.1. The molecular formula is C12H14ClN3O2S. The molecular weight excluding hydrogens is 286 g/mol. The molecule has 0 atom stereocenters. The Labute approximate surface area is 117 Å². The summed E-state index contributed by atoms with van der Waals surface area (Å²) in [6.07, 6.45) is 2.29. The molecule has 1 heterocycles. The van der Waals surface area contributed by atoms with Gasteiger partial charge in [-0.25, -0.2) is 8.42 Å². The molecule has 0 aliphatic carbocycles. The molecule has 0 spiro atoms. The molecule has 0 aliphatic rings. The van der Waals surface area contributed by atoms with E-state index in [0.717, 1.165) is 5.56 Å². The Balaban J connectivity index is 2.38. The van der Waals surface area contributed by atoms with Crippen molar-refractivity contribution in [3.8, 4) is 0 Å². The normalized spacial score (nSPS) is 11.5. The van der Waals surface area contributed by atoms with Crippen LogP contribution in [-0.2, 0) is 16.4 Å². The first-order chi connectivity index (χ1) is 8.94. The van der Waals surface area contributed by atoms with Gasteiger partial charge in [0.15, 0.2) is 0 Å². The standard InChI is InChI=1S/C12H14ClN3O2S/c1-3-9-7-14-15-12(9)16-19(17,18)11-5-4-10(13)6-8(11)2/h4-7H,3H2,1-2H3,(H2,14,15,16). The largest absolute Gasteiger partial charge is 0.263 e. The van der Waals surface area contributed by atoms with Crippen LogP contribution in [0.1, 0.15) is 18.1 Å². The van der Waals surface area contributed by atoms with Crippen LogP contribution < -0.4 is 4.72 Å². The van der Waals surface area contributed by atoms with E-state index in [0.29, 0.717) is 22.8 Å². The molecule has 0 saturated carbocycles. The maximum atomic E-state index is 12.3. The van der Waals surface area contributed by atoms with Crippen molar-refractivity contribution in [1.29, 1.82) is 0 Å². The second-order valence-corrected chi connectivity index (χ2v) is 6.23. The number of aromatic amines is 1. The Bertz CT molecular complexity index is 695. The molecule has 1 aromatic heterocycles. The van der Waals surface area contributed by atoms with Gasteiger partial charge in [-0.1, -0.05) is 18.5 Å². The number of nitrogens with zero attached hydrogens (tertiary/aromatic N) is 1. The lowest BCUT2D eigenvalue weighted by atomic mass is 10.2. The van der Waals surface area contributed by atoms with E-state index in [1.165, 1.54) is 6.07 Å². The van der Waals surface area contributed by atoms with Gasteiger partial charge in [-0.3, -0.25) is 9.82 Å². The number of benzene rings is 1. The average molecular weight is 300 g/mol. The monoisotopic (exact) mass is 299 g/mol. The first-order valence-corrected chi connectivity index (χ1v) is 7.61. The molecule has 0 saturated heterocycles. The topological polar surface area (TPSA) is 74.8 Å². The molecule has 0 radical (unpaired) electrons. The lowest BCUT2D eigenvalue weighted by Crippen LogP contribution is -2.15. The zero-order valence-electron chi connectivity index (χ0n) is 10.6. The third-order valence-electron chi connectivity index (χ3n) is 2.76. The first kappa shape index (κ1) is 13.9. The van der Waals surface area contributed by atoms with Crippen LogP contribution in [0.15, 0.2) is 29.3 Å². The molecule has 5 nitrogen and oxygen atoms in total. The van der Waals surface area contributed by atoms with Crippen LogP contribution in [0, 0.1) is 6.92 Å². The molecule has 0 amide bonds. The highest BCUT2D eigenvalue weighted by atomic mass is 35.5. The van der Waals surface area contributed by atoms with Gasteiger partial charge in [0.05, 0.1) is 11.1 Å². The summed E-state index contributed by atoms with van der Waals surface area (Å²) >= 11 is 5.83. The minimum Gasteiger partial charge on any atom is -0.263 e. The zero-order valence-corrected chi connectivity index (χ0v) is 12.1. The smallest absolute Gasteiger partial charge is 0.263 e. The summed E-state index contributed by atoms with van der Waals surface area (Å²) in [5.41, 5.74) is 1.41. The lowest BCUT2D eigenvalue weighted by Gasteiger charge is -2.10. The van der Waals surface area contributed by atoms with Crippen molar-refractivity contribution in [2.45, 2.75) is 25.2 Å². The number of anilines is 1. The molecule has 19 heavy (non-hydrogen) atoms. The van der Waals surface area contributed by atoms with E-state index in [1.807, 2.05) is 6.92 Å². The van der Waals surface area contributed by atoms with E-state index in [2.05, 4.69) is 14.9 Å². The zero-order chi connectivity index (χ0) is 14.0. The van der Waals surface area contributed by atoms with Crippen molar-refractivity contribution in [3.05, 3.63) is 40.5 Å². The van der Waals surface area contributed by atoms with Gasteiger partial charge < -0.3 is 0 Å². The Morgan fingerprint density at radius 2 is 2.16 bits per heavy atom. The molecule has 2 rings (SSSR count). The summed E-state index contributed by atoms with van der Waals surface area (Å²) in [6.45, 7) is 3.63. The molecule has 2 N–H and O–H groups in total. The minimum atomic E-state index is -3.64. The molecule has 0 bridgehead atoms. The second kappa shape index (κ2) is 5.22. The van der Waals surface area contributed by atoms with Gasteiger partial charge in [-0.2, -0.15) is 5.10 Å². The van der Waals surface area contributed by atoms with E-state index < -0.39 is 10.0 Å². The van der Waals surface area contributed by atoms with Crippen LogP contribution >= 0.6 is 11.6 Å². The highest BCUT2D eigenvalue weighted by Crippen LogP contribution is 2.23. The second-order valence-electron chi connectivity index (χ2n) is 4.14. The van der Waals surface area contributed by atoms with Crippen molar-refractivity contribution in [3.63, 3.8) is 0 Å². The highest BCUT2D eigenvalue weighted by Gasteiger charge is 2.19. The number of rotatable bonds is 4. The van der Waals surface area contributed by atoms with Gasteiger partial charge in [0, 0.05) is 10.6 Å². The van der Waals surface area contributed by atoms with Gasteiger partial charge in [0.25, 0.3) is 10.0 Å². The first-order valence-electron chi connectivity index (χ1n) is 5.75. The van der Waals surface area contributed by atoms with E-state index in [-0.39, 0.29) is 4.90 Å². The average Bonchev–Trinajstić information content (AvgIpc) is 2.74. The van der Waals surface area contributed by atoms with Gasteiger partial charge in [-0.15, -0.1) is 0 Å². The Hall–Kier alpha value is -1.53. The fourth-order valence-electron chi connectivity index (χ4n) is 1.77. The molecule has 0 fully saturated rings. The van der Waals surface area contributed by atoms with Crippen molar-refractivity contribution in [1.82, 2.24) is 10.2 Å². The number of sulfonamides is 1. The summed E-state index contributed by atoms with van der Waals surface area (Å²) in [7, 11) is -3.64. The summed E-state index contributed by atoms with van der Waals surface area (Å²) in [4.78, 5) is 0.202. The van der Waals surface area contributed by atoms with Gasteiger partial charge in [-0.05, 0) is 37.1 Å². The van der Waals surface area contributed by atoms with Crippen molar-refractivity contribution in [2.24, 2.45) is 0 Å². The molecule has 0 unspecified atom stereocenters. The molecule has 2 aromatic rings. The van der Waals surface area contributed by atoms with Crippen LogP contribution in [-0.4, -0.2) is 18.6 Å². The predicted molar refractivity (Wildman–Crippen MR) is 75.0 cm³/mol. The Morgan fingerprint density at radius 1 is 1.42 bits per heavy atom. The summed E-state index contributed by atoms with van der Waals surface area (Å²) in [6, 6.07) is 4.66. The van der Waals surface area contributed by atoms with E-state index in [1.54, 1.807) is 25.3 Å². The number of aromatic nitrogens is 2. The van der Waals surface area contributed by atoms with Crippen LogP contribution in [0.2, 0.25) is 5.02 Å². The number of nitrogens with one attached hydrogen (secondary N) is 2. The molecule has 7 heteroatoms. The SMILES string of the molecule is CCc1cn[nH]c1NS(=O)(=O)c1ccc(Cl)cc1C. The number of aryl methyl sites for hydroxylation is 2. The number of H-pyrrole nitrogens is 1. The maximum absolute atomic E-state index is 12.3. The van der Waals surface area contributed by atoms with Crippen molar-refractivity contribution in [2.75, 3.05) is 4.72 Å². The number of halogens is 1. The van der Waals surface area contributed by atoms with E-state index in [4.69, 9.17) is 11.6 Å². The molecule has 0 aliphatic heterocycles. The Morgan fingerprint density at radius 3 is 2.79 bits per heavy atom. The summed E-state index contributed by atoms with van der Waals surface area (Å²) in [5.74, 6) is 0.400. The number of hydrogen-bond acceptors (Lipinski definition) is 3. The van der Waals surface area contributed by atoms with Crippen molar-refractivity contribution >= 4 is 27.4 Å². The lowest BCUT2D eigenvalue weighted by molar-refractivity contribution is 0.600. The molecule has 102 valence electrons. The van der Waals surface area contributed by atoms with Gasteiger partial charge >= 0.3 is 0 Å². The van der Waals surface area contributed by atoms with Crippen LogP contribution in [0.4, 0.5) is 5.82 Å². The fraction of sp³-hybridized carbons (Fsp3) is 0.250.